The van der Waals surface area contributed by atoms with Crippen molar-refractivity contribution in [3.05, 3.63) is 90.5 Å². The van der Waals surface area contributed by atoms with E-state index < -0.39 is 0 Å². The first-order chi connectivity index (χ1) is 10.8. The maximum absolute atomic E-state index is 13.2. The van der Waals surface area contributed by atoms with Gasteiger partial charge < -0.3 is 9.13 Å². The molecule has 3 aromatic rings. The van der Waals surface area contributed by atoms with Crippen molar-refractivity contribution in [3.8, 4) is 0 Å². The van der Waals surface area contributed by atoms with Crippen LogP contribution in [0.4, 0.5) is 4.39 Å². The fourth-order valence-electron chi connectivity index (χ4n) is 2.62. The van der Waals surface area contributed by atoms with Crippen LogP contribution in [0.3, 0.4) is 0 Å². The molecule has 112 valence electrons. The van der Waals surface area contributed by atoms with Crippen LogP contribution in [0.2, 0.25) is 0 Å². The topological polar surface area (TPSA) is 22.8 Å². The van der Waals surface area contributed by atoms with E-state index in [1.165, 1.54) is 12.1 Å². The number of hydrogen-bond donors (Lipinski definition) is 0. The van der Waals surface area contributed by atoms with Gasteiger partial charge in [0.05, 0.1) is 12.4 Å². The largest absolute Gasteiger partial charge is 0.345 e. The molecule has 3 rings (SSSR count). The van der Waals surface area contributed by atoms with Crippen LogP contribution in [0.15, 0.2) is 73.5 Å². The molecule has 0 N–H and O–H groups in total. The number of halogens is 1. The minimum Gasteiger partial charge on any atom is -0.345 e. The molecule has 22 heavy (non-hydrogen) atoms. The minimum atomic E-state index is -0.225. The van der Waals surface area contributed by atoms with Crippen molar-refractivity contribution in [2.75, 3.05) is 0 Å². The molecule has 0 saturated carbocycles. The standard InChI is InChI=1S/C18H18FN3/c1-2-3-11-21-12-4-5-17(21)18(22-13-10-20-14-22)15-6-8-16(19)9-7-15/h2-10,12-14,18H,11H2,1H3/b3-2+. The number of benzene rings is 1. The Labute approximate surface area is 129 Å². The van der Waals surface area contributed by atoms with Crippen LogP contribution in [0.25, 0.3) is 0 Å². The van der Waals surface area contributed by atoms with Gasteiger partial charge in [0.15, 0.2) is 0 Å². The van der Waals surface area contributed by atoms with Crippen LogP contribution < -0.4 is 0 Å². The molecule has 1 unspecified atom stereocenters. The van der Waals surface area contributed by atoms with Crippen molar-refractivity contribution in [1.82, 2.24) is 14.1 Å². The van der Waals surface area contributed by atoms with Crippen molar-refractivity contribution in [2.45, 2.75) is 19.5 Å². The quantitative estimate of drug-likeness (QED) is 0.651. The lowest BCUT2D eigenvalue weighted by Crippen LogP contribution is -2.15. The summed E-state index contributed by atoms with van der Waals surface area (Å²) in [6.45, 7) is 2.82. The monoisotopic (exact) mass is 295 g/mol. The number of aromatic nitrogens is 3. The Morgan fingerprint density at radius 2 is 2.00 bits per heavy atom. The summed E-state index contributed by atoms with van der Waals surface area (Å²) in [5.74, 6) is -0.225. The lowest BCUT2D eigenvalue weighted by molar-refractivity contribution is 0.604. The third-order valence-corrected chi connectivity index (χ3v) is 3.69. The van der Waals surface area contributed by atoms with E-state index in [4.69, 9.17) is 0 Å². The van der Waals surface area contributed by atoms with Gasteiger partial charge in [-0.3, -0.25) is 0 Å². The highest BCUT2D eigenvalue weighted by molar-refractivity contribution is 5.30. The van der Waals surface area contributed by atoms with Gasteiger partial charge in [-0.1, -0.05) is 24.3 Å². The van der Waals surface area contributed by atoms with Crippen molar-refractivity contribution in [2.24, 2.45) is 0 Å². The fraction of sp³-hybridized carbons (Fsp3) is 0.167. The molecule has 0 fully saturated rings. The maximum atomic E-state index is 13.2. The number of imidazole rings is 1. The molecule has 2 aromatic heterocycles. The summed E-state index contributed by atoms with van der Waals surface area (Å²) >= 11 is 0. The molecular weight excluding hydrogens is 277 g/mol. The third-order valence-electron chi connectivity index (χ3n) is 3.69. The summed E-state index contributed by atoms with van der Waals surface area (Å²) in [4.78, 5) is 4.15. The Kier molecular flexibility index (Phi) is 4.19. The van der Waals surface area contributed by atoms with Gasteiger partial charge in [0.25, 0.3) is 0 Å². The highest BCUT2D eigenvalue weighted by atomic mass is 19.1. The first-order valence-corrected chi connectivity index (χ1v) is 7.28. The van der Waals surface area contributed by atoms with Crippen LogP contribution in [0.5, 0.6) is 0 Å². The Hall–Kier alpha value is -2.62. The van der Waals surface area contributed by atoms with Crippen LogP contribution in [-0.2, 0) is 6.54 Å². The zero-order valence-corrected chi connectivity index (χ0v) is 12.4. The molecular formula is C18H18FN3. The maximum Gasteiger partial charge on any atom is 0.123 e. The van der Waals surface area contributed by atoms with Gasteiger partial charge in [-0.2, -0.15) is 0 Å². The van der Waals surface area contributed by atoms with Gasteiger partial charge in [0, 0.05) is 30.8 Å². The van der Waals surface area contributed by atoms with Crippen LogP contribution >= 0.6 is 0 Å². The predicted molar refractivity (Wildman–Crippen MR) is 85.1 cm³/mol. The first-order valence-electron chi connectivity index (χ1n) is 7.28. The summed E-state index contributed by atoms with van der Waals surface area (Å²) in [7, 11) is 0. The number of rotatable bonds is 5. The number of allylic oxidation sites excluding steroid dienone is 2. The Bertz CT molecular complexity index is 739. The zero-order valence-electron chi connectivity index (χ0n) is 12.4. The van der Waals surface area contributed by atoms with E-state index in [1.54, 1.807) is 12.5 Å². The van der Waals surface area contributed by atoms with Gasteiger partial charge in [-0.15, -0.1) is 0 Å². The zero-order chi connectivity index (χ0) is 15.4. The van der Waals surface area contributed by atoms with E-state index in [-0.39, 0.29) is 11.9 Å². The molecule has 1 atom stereocenters. The molecule has 0 aliphatic carbocycles. The van der Waals surface area contributed by atoms with Crippen molar-refractivity contribution < 1.29 is 4.39 Å². The second-order valence-electron chi connectivity index (χ2n) is 5.12. The van der Waals surface area contributed by atoms with Crippen LogP contribution in [-0.4, -0.2) is 14.1 Å². The van der Waals surface area contributed by atoms with E-state index in [0.29, 0.717) is 0 Å². The Balaban J connectivity index is 2.07. The van der Waals surface area contributed by atoms with Crippen molar-refractivity contribution in [1.29, 1.82) is 0 Å². The third kappa shape index (κ3) is 2.86. The van der Waals surface area contributed by atoms with Crippen molar-refractivity contribution >= 4 is 0 Å². The molecule has 0 radical (unpaired) electrons. The molecule has 0 bridgehead atoms. The fourth-order valence-corrected chi connectivity index (χ4v) is 2.62. The van der Waals surface area contributed by atoms with Gasteiger partial charge in [0.2, 0.25) is 0 Å². The van der Waals surface area contributed by atoms with E-state index >= 15 is 0 Å². The molecule has 0 aliphatic heterocycles. The Morgan fingerprint density at radius 3 is 2.68 bits per heavy atom. The normalized spacial score (nSPS) is 12.8. The summed E-state index contributed by atoms with van der Waals surface area (Å²) in [6.07, 6.45) is 11.7. The average Bonchev–Trinajstić information content (AvgIpc) is 3.20. The van der Waals surface area contributed by atoms with Crippen LogP contribution in [0, 0.1) is 5.82 Å². The molecule has 0 amide bonds. The lowest BCUT2D eigenvalue weighted by atomic mass is 10.0. The van der Waals surface area contributed by atoms with Gasteiger partial charge in [-0.25, -0.2) is 9.37 Å². The van der Waals surface area contributed by atoms with Gasteiger partial charge in [-0.05, 0) is 36.8 Å². The second kappa shape index (κ2) is 6.43. The first kappa shape index (κ1) is 14.3. The summed E-state index contributed by atoms with van der Waals surface area (Å²) < 4.78 is 17.5. The predicted octanol–water partition coefficient (Wildman–Crippen LogP) is 4.04. The van der Waals surface area contributed by atoms with E-state index in [2.05, 4.69) is 27.9 Å². The smallest absolute Gasteiger partial charge is 0.123 e. The van der Waals surface area contributed by atoms with E-state index in [1.807, 2.05) is 42.0 Å². The lowest BCUT2D eigenvalue weighted by Gasteiger charge is -2.21. The Morgan fingerprint density at radius 1 is 1.18 bits per heavy atom. The summed E-state index contributed by atoms with van der Waals surface area (Å²) in [5.41, 5.74) is 2.17. The number of hydrogen-bond acceptors (Lipinski definition) is 1. The second-order valence-corrected chi connectivity index (χ2v) is 5.12. The molecule has 1 aromatic carbocycles. The highest BCUT2D eigenvalue weighted by Crippen LogP contribution is 2.27. The average molecular weight is 295 g/mol. The van der Waals surface area contributed by atoms with E-state index in [9.17, 15) is 4.39 Å². The van der Waals surface area contributed by atoms with Gasteiger partial charge in [0.1, 0.15) is 5.82 Å². The molecule has 3 nitrogen and oxygen atoms in total. The molecule has 0 saturated heterocycles. The van der Waals surface area contributed by atoms with E-state index in [0.717, 1.165) is 17.8 Å². The van der Waals surface area contributed by atoms with Crippen LogP contribution in [0.1, 0.15) is 24.2 Å². The molecule has 2 heterocycles. The molecule has 0 aliphatic rings. The minimum absolute atomic E-state index is 0.0247. The molecule has 4 heteroatoms. The SMILES string of the molecule is C/C=C/Cn1cccc1C(c1ccc(F)cc1)n1ccnc1. The summed E-state index contributed by atoms with van der Waals surface area (Å²) in [5, 5.41) is 0. The summed E-state index contributed by atoms with van der Waals surface area (Å²) in [6, 6.07) is 10.8. The van der Waals surface area contributed by atoms with Crippen molar-refractivity contribution in [3.63, 3.8) is 0 Å². The van der Waals surface area contributed by atoms with Gasteiger partial charge >= 0.3 is 0 Å². The highest BCUT2D eigenvalue weighted by Gasteiger charge is 2.19. The molecule has 0 spiro atoms. The number of nitrogens with zero attached hydrogens (tertiary/aromatic N) is 3.